The summed E-state index contributed by atoms with van der Waals surface area (Å²) in [6, 6.07) is 0. The van der Waals surface area contributed by atoms with Gasteiger partial charge in [-0.15, -0.1) is 0 Å². The molecule has 0 N–H and O–H groups in total. The molecule has 0 aromatic rings. The van der Waals surface area contributed by atoms with Crippen molar-refractivity contribution >= 4 is 16.6 Å². The summed E-state index contributed by atoms with van der Waals surface area (Å²) in [5.41, 5.74) is 4.74. The van der Waals surface area contributed by atoms with Gasteiger partial charge in [-0.25, -0.2) is 0 Å². The van der Waals surface area contributed by atoms with E-state index in [2.05, 4.69) is 63.6 Å². The van der Waals surface area contributed by atoms with Crippen molar-refractivity contribution in [2.75, 3.05) is 0 Å². The lowest BCUT2D eigenvalue weighted by molar-refractivity contribution is 0.570. The van der Waals surface area contributed by atoms with Gasteiger partial charge in [0, 0.05) is 0 Å². The molecule has 0 aromatic carbocycles. The molecule has 3 heteroatoms. The highest BCUT2D eigenvalue weighted by atomic mass is 28.4. The van der Waals surface area contributed by atoms with Crippen LogP contribution in [-0.2, 0) is 4.12 Å². The van der Waals surface area contributed by atoms with E-state index in [1.54, 1.807) is 0 Å². The van der Waals surface area contributed by atoms with Gasteiger partial charge in [-0.2, -0.15) is 0 Å². The fourth-order valence-electron chi connectivity index (χ4n) is 2.12. The van der Waals surface area contributed by atoms with Crippen LogP contribution >= 0.6 is 0 Å². The van der Waals surface area contributed by atoms with Crippen LogP contribution in [0.15, 0.2) is 23.6 Å². The molecular formula is C16H34OSi2. The van der Waals surface area contributed by atoms with Gasteiger partial charge in [-0.3, -0.25) is 0 Å². The molecule has 0 rings (SSSR count). The second-order valence-corrected chi connectivity index (χ2v) is 14.3. The first-order chi connectivity index (χ1) is 8.83. The van der Waals surface area contributed by atoms with E-state index in [0.29, 0.717) is 0 Å². The number of allylic oxidation sites excluding steroid dienone is 2. The molecule has 0 unspecified atom stereocenters. The van der Waals surface area contributed by atoms with Crippen molar-refractivity contribution in [3.63, 3.8) is 0 Å². The van der Waals surface area contributed by atoms with Crippen molar-refractivity contribution in [2.45, 2.75) is 78.6 Å². The predicted octanol–water partition coefficient (Wildman–Crippen LogP) is 5.98. The smallest absolute Gasteiger partial charge is 0.198 e. The van der Waals surface area contributed by atoms with Gasteiger partial charge >= 0.3 is 0 Å². The second kappa shape index (κ2) is 9.73. The summed E-state index contributed by atoms with van der Waals surface area (Å²) in [5.74, 6) is 0. The molecule has 1 nitrogen and oxygen atoms in total. The van der Waals surface area contributed by atoms with Crippen molar-refractivity contribution in [3.8, 4) is 0 Å². The Labute approximate surface area is 123 Å². The normalized spacial score (nSPS) is 13.8. The molecule has 0 fully saturated rings. The molecule has 0 aliphatic carbocycles. The van der Waals surface area contributed by atoms with E-state index in [9.17, 15) is 0 Å². The van der Waals surface area contributed by atoms with Crippen LogP contribution in [0.5, 0.6) is 0 Å². The third-order valence-electron chi connectivity index (χ3n) is 3.01. The summed E-state index contributed by atoms with van der Waals surface area (Å²) < 4.78 is 6.49. The van der Waals surface area contributed by atoms with Crippen LogP contribution in [0, 0.1) is 0 Å². The standard InChI is InChI=1S/C16H34OSi2/c1-7-9-11-13-15-18(3,4)17-19(5,6)16-14-12-10-8-2/h13-16H,7-12H2,1-6H3. The highest BCUT2D eigenvalue weighted by Gasteiger charge is 2.28. The molecule has 112 valence electrons. The van der Waals surface area contributed by atoms with E-state index in [0.717, 1.165) is 0 Å². The molecule has 19 heavy (non-hydrogen) atoms. The quantitative estimate of drug-likeness (QED) is 0.356. The maximum Gasteiger partial charge on any atom is 0.198 e. The fraction of sp³-hybridized carbons (Fsp3) is 0.750. The van der Waals surface area contributed by atoms with Crippen LogP contribution in [-0.4, -0.2) is 16.6 Å². The van der Waals surface area contributed by atoms with E-state index >= 15 is 0 Å². The Morgan fingerprint density at radius 2 is 1.11 bits per heavy atom. The SMILES string of the molecule is CCCCC=C[Si](C)(C)O[Si](C)(C)C=CCCCC. The van der Waals surface area contributed by atoms with Crippen LogP contribution in [0.4, 0.5) is 0 Å². The molecule has 0 amide bonds. The van der Waals surface area contributed by atoms with Gasteiger partial charge < -0.3 is 4.12 Å². The Morgan fingerprint density at radius 1 is 0.737 bits per heavy atom. The number of rotatable bonds is 10. The van der Waals surface area contributed by atoms with Gasteiger partial charge in [0.2, 0.25) is 0 Å². The van der Waals surface area contributed by atoms with Crippen LogP contribution in [0.3, 0.4) is 0 Å². The zero-order valence-electron chi connectivity index (χ0n) is 14.0. The van der Waals surface area contributed by atoms with Gasteiger partial charge in [-0.05, 0) is 39.0 Å². The van der Waals surface area contributed by atoms with E-state index < -0.39 is 16.6 Å². The van der Waals surface area contributed by atoms with Crippen LogP contribution in [0.1, 0.15) is 52.4 Å². The highest BCUT2D eigenvalue weighted by Crippen LogP contribution is 2.17. The monoisotopic (exact) mass is 298 g/mol. The number of unbranched alkanes of at least 4 members (excludes halogenated alkanes) is 4. The summed E-state index contributed by atoms with van der Waals surface area (Å²) >= 11 is 0. The van der Waals surface area contributed by atoms with Crippen LogP contribution < -0.4 is 0 Å². The largest absolute Gasteiger partial charge is 0.449 e. The summed E-state index contributed by atoms with van der Waals surface area (Å²) in [5, 5.41) is 0. The van der Waals surface area contributed by atoms with Crippen molar-refractivity contribution in [2.24, 2.45) is 0 Å². The molecule has 0 aromatic heterocycles. The minimum atomic E-state index is -1.63. The third kappa shape index (κ3) is 11.4. The Balaban J connectivity index is 4.28. The Kier molecular flexibility index (Phi) is 9.66. The molecule has 0 heterocycles. The van der Waals surface area contributed by atoms with E-state index in [1.807, 2.05) is 0 Å². The summed E-state index contributed by atoms with van der Waals surface area (Å²) in [6.45, 7) is 13.7. The maximum absolute atomic E-state index is 6.49. The molecule has 0 saturated carbocycles. The van der Waals surface area contributed by atoms with Crippen molar-refractivity contribution in [1.82, 2.24) is 0 Å². The lowest BCUT2D eigenvalue weighted by atomic mass is 10.2. The van der Waals surface area contributed by atoms with Crippen molar-refractivity contribution in [3.05, 3.63) is 23.6 Å². The first-order valence-corrected chi connectivity index (χ1v) is 13.9. The van der Waals surface area contributed by atoms with Gasteiger partial charge in [-0.1, -0.05) is 63.1 Å². The molecule has 0 spiro atoms. The van der Waals surface area contributed by atoms with E-state index in [1.165, 1.54) is 38.5 Å². The van der Waals surface area contributed by atoms with E-state index in [-0.39, 0.29) is 0 Å². The molecule has 0 aliphatic rings. The van der Waals surface area contributed by atoms with Crippen molar-refractivity contribution in [1.29, 1.82) is 0 Å². The highest BCUT2D eigenvalue weighted by molar-refractivity contribution is 6.89. The van der Waals surface area contributed by atoms with Gasteiger partial charge in [0.15, 0.2) is 16.6 Å². The Bertz CT molecular complexity index is 252. The van der Waals surface area contributed by atoms with Gasteiger partial charge in [0.05, 0.1) is 0 Å². The minimum absolute atomic E-state index is 1.20. The fourth-order valence-corrected chi connectivity index (χ4v) is 9.56. The van der Waals surface area contributed by atoms with Crippen LogP contribution in [0.25, 0.3) is 0 Å². The molecular weight excluding hydrogens is 264 g/mol. The first kappa shape index (κ1) is 18.9. The Morgan fingerprint density at radius 3 is 1.42 bits per heavy atom. The second-order valence-electron chi connectivity index (χ2n) is 6.40. The number of hydrogen-bond donors (Lipinski definition) is 0. The summed E-state index contributed by atoms with van der Waals surface area (Å²) in [4.78, 5) is 0. The minimum Gasteiger partial charge on any atom is -0.449 e. The third-order valence-corrected chi connectivity index (χ3v) is 9.30. The van der Waals surface area contributed by atoms with Gasteiger partial charge in [0.25, 0.3) is 0 Å². The molecule has 0 bridgehead atoms. The van der Waals surface area contributed by atoms with Crippen molar-refractivity contribution < 1.29 is 4.12 Å². The molecule has 0 radical (unpaired) electrons. The average molecular weight is 299 g/mol. The van der Waals surface area contributed by atoms with Gasteiger partial charge in [0.1, 0.15) is 0 Å². The maximum atomic E-state index is 6.49. The molecule has 0 atom stereocenters. The average Bonchev–Trinajstić information content (AvgIpc) is 2.29. The number of hydrogen-bond acceptors (Lipinski definition) is 1. The predicted molar refractivity (Wildman–Crippen MR) is 93.4 cm³/mol. The zero-order chi connectivity index (χ0) is 14.8. The summed E-state index contributed by atoms with van der Waals surface area (Å²) in [6.07, 6.45) is 12.2. The molecule has 0 saturated heterocycles. The summed E-state index contributed by atoms with van der Waals surface area (Å²) in [7, 11) is -3.25. The zero-order valence-corrected chi connectivity index (χ0v) is 16.0. The lowest BCUT2D eigenvalue weighted by Crippen LogP contribution is -2.42. The lowest BCUT2D eigenvalue weighted by Gasteiger charge is -2.29. The molecule has 0 aliphatic heterocycles. The topological polar surface area (TPSA) is 9.23 Å². The first-order valence-electron chi connectivity index (χ1n) is 7.88. The van der Waals surface area contributed by atoms with Crippen LogP contribution in [0.2, 0.25) is 26.2 Å². The Hall–Kier alpha value is -0.126. The van der Waals surface area contributed by atoms with E-state index in [4.69, 9.17) is 4.12 Å².